The molecule has 0 spiro atoms. The molecule has 0 unspecified atom stereocenters. The van der Waals surface area contributed by atoms with Gasteiger partial charge in [-0.1, -0.05) is 23.9 Å². The summed E-state index contributed by atoms with van der Waals surface area (Å²) in [4.78, 5) is 28.4. The molecule has 3 heterocycles. The van der Waals surface area contributed by atoms with Crippen LogP contribution in [0.2, 0.25) is 0 Å². The number of thioether (sulfide) groups is 1. The molecule has 2 aromatic heterocycles. The Labute approximate surface area is 188 Å². The van der Waals surface area contributed by atoms with E-state index in [0.717, 1.165) is 21.3 Å². The smallest absolute Gasteiger partial charge is 0.325 e. The van der Waals surface area contributed by atoms with Crippen LogP contribution in [0.15, 0.2) is 58.4 Å². The topological polar surface area (TPSA) is 55.4 Å². The predicted molar refractivity (Wildman–Crippen MR) is 115 cm³/mol. The first-order valence-corrected chi connectivity index (χ1v) is 10.6. The number of esters is 1. The van der Waals surface area contributed by atoms with Gasteiger partial charge in [0.1, 0.15) is 27.8 Å². The summed E-state index contributed by atoms with van der Waals surface area (Å²) in [5, 5.41) is 0.872. The van der Waals surface area contributed by atoms with Crippen molar-refractivity contribution in [2.45, 2.75) is 11.4 Å². The summed E-state index contributed by atoms with van der Waals surface area (Å²) in [6, 6.07) is 13.9. The number of aromatic nitrogens is 2. The summed E-state index contributed by atoms with van der Waals surface area (Å²) in [7, 11) is 5.22. The van der Waals surface area contributed by atoms with Crippen LogP contribution in [0.25, 0.3) is 11.1 Å². The first kappa shape index (κ1) is 22.1. The molecule has 0 fully saturated rings. The van der Waals surface area contributed by atoms with Gasteiger partial charge in [0.05, 0.1) is 12.8 Å². The quantitative estimate of drug-likeness (QED) is 0.335. The number of ether oxygens (including phenoxy) is 1. The van der Waals surface area contributed by atoms with E-state index in [1.54, 1.807) is 11.8 Å². The molecular formula is C21H20ClN3O3S2. The van der Waals surface area contributed by atoms with Crippen molar-refractivity contribution < 1.29 is 26.5 Å². The molecule has 4 rings (SSSR count). The Morgan fingerprint density at radius 2 is 1.93 bits per heavy atom. The number of aryl methyl sites for hydroxylation is 1. The molecule has 0 aliphatic carbocycles. The van der Waals surface area contributed by atoms with Gasteiger partial charge in [-0.15, -0.1) is 11.3 Å². The molecule has 0 radical (unpaired) electrons. The number of fused-ring (bicyclic) bond motifs is 1. The number of carbonyl (C=O) groups excluding carboxylic acids is 1. The van der Waals surface area contributed by atoms with Crippen molar-refractivity contribution in [2.24, 2.45) is 7.05 Å². The lowest BCUT2D eigenvalue weighted by Gasteiger charge is -2.11. The second kappa shape index (κ2) is 9.07. The molecule has 156 valence electrons. The van der Waals surface area contributed by atoms with E-state index in [4.69, 9.17) is 4.74 Å². The average molecular weight is 462 g/mol. The minimum absolute atomic E-state index is 0. The van der Waals surface area contributed by atoms with Crippen molar-refractivity contribution in [2.75, 3.05) is 19.1 Å². The fourth-order valence-corrected chi connectivity index (χ4v) is 5.52. The molecule has 1 aliphatic rings. The highest BCUT2D eigenvalue weighted by molar-refractivity contribution is 8.08. The summed E-state index contributed by atoms with van der Waals surface area (Å²) in [5.74, 6) is -0.454. The molecule has 0 saturated carbocycles. The van der Waals surface area contributed by atoms with E-state index < -0.39 is 5.97 Å². The number of thiazole rings is 1. The zero-order valence-electron chi connectivity index (χ0n) is 16.7. The zero-order valence-corrected chi connectivity index (χ0v) is 19.1. The summed E-state index contributed by atoms with van der Waals surface area (Å²) in [6.45, 7) is -0.122. The lowest BCUT2D eigenvalue weighted by molar-refractivity contribution is -0.673. The molecule has 6 nitrogen and oxygen atoms in total. The summed E-state index contributed by atoms with van der Waals surface area (Å²) >= 11 is 2.96. The minimum Gasteiger partial charge on any atom is -1.00 e. The maximum atomic E-state index is 13.3. The van der Waals surface area contributed by atoms with E-state index in [9.17, 15) is 9.59 Å². The Morgan fingerprint density at radius 3 is 2.63 bits per heavy atom. The van der Waals surface area contributed by atoms with Crippen LogP contribution in [0.4, 0.5) is 5.69 Å². The number of halogens is 1. The highest BCUT2D eigenvalue weighted by Crippen LogP contribution is 2.44. The largest absolute Gasteiger partial charge is 1.00 e. The molecule has 0 atom stereocenters. The van der Waals surface area contributed by atoms with Crippen molar-refractivity contribution in [3.8, 4) is 0 Å². The first-order chi connectivity index (χ1) is 14.0. The summed E-state index contributed by atoms with van der Waals surface area (Å²) < 4.78 is 9.58. The van der Waals surface area contributed by atoms with Crippen LogP contribution in [0.1, 0.15) is 5.69 Å². The van der Waals surface area contributed by atoms with Crippen LogP contribution in [0, 0.1) is 0 Å². The highest BCUT2D eigenvalue weighted by atomic mass is 35.5. The van der Waals surface area contributed by atoms with Gasteiger partial charge < -0.3 is 22.0 Å². The second-order valence-electron chi connectivity index (χ2n) is 6.55. The molecule has 0 bridgehead atoms. The Hall–Kier alpha value is -2.55. The monoisotopic (exact) mass is 461 g/mol. The van der Waals surface area contributed by atoms with Crippen molar-refractivity contribution in [1.82, 2.24) is 4.57 Å². The highest BCUT2D eigenvalue weighted by Gasteiger charge is 2.24. The number of anilines is 1. The number of rotatable bonds is 3. The lowest BCUT2D eigenvalue weighted by Crippen LogP contribution is -3.00. The van der Waals surface area contributed by atoms with Gasteiger partial charge in [0.2, 0.25) is 5.69 Å². The van der Waals surface area contributed by atoms with Crippen LogP contribution in [-0.2, 0) is 23.1 Å². The van der Waals surface area contributed by atoms with Gasteiger partial charge in [0.25, 0.3) is 5.56 Å². The molecule has 1 aromatic carbocycles. The Kier molecular flexibility index (Phi) is 6.70. The molecule has 0 saturated heterocycles. The third-order valence-corrected chi connectivity index (χ3v) is 7.21. The van der Waals surface area contributed by atoms with Crippen molar-refractivity contribution in [3.63, 3.8) is 0 Å². The van der Waals surface area contributed by atoms with Crippen molar-refractivity contribution in [1.29, 1.82) is 0 Å². The van der Waals surface area contributed by atoms with Crippen molar-refractivity contribution >= 4 is 45.9 Å². The molecule has 3 aromatic rings. The number of nitrogens with zero attached hydrogens (tertiary/aromatic N) is 3. The van der Waals surface area contributed by atoms with Crippen LogP contribution >= 0.6 is 23.1 Å². The molecule has 0 amide bonds. The van der Waals surface area contributed by atoms with E-state index in [1.165, 1.54) is 23.0 Å². The molecular weight excluding hydrogens is 442 g/mol. The standard InChI is InChI=1S/C21H20N3O3S2.ClH/c1-22-11-7-6-8-14(22)12-17-24(13-18(25)27-3)20(26)19(29-17)21-23(2)15-9-4-5-10-16(15)28-21;/h4-12H,13H2,1-3H3;1H/q+1;/p-1/b21-19+;. The number of pyridine rings is 1. The number of methoxy groups -OCH3 is 1. The van der Waals surface area contributed by atoms with E-state index in [-0.39, 0.29) is 24.5 Å². The van der Waals surface area contributed by atoms with Gasteiger partial charge in [-0.3, -0.25) is 14.2 Å². The second-order valence-corrected chi connectivity index (χ2v) is 8.61. The molecule has 9 heteroatoms. The maximum Gasteiger partial charge on any atom is 0.325 e. The number of hydrogen-bond donors (Lipinski definition) is 0. The predicted octanol–water partition coefficient (Wildman–Crippen LogP) is -1.95. The number of hydrogen-bond acceptors (Lipinski definition) is 6. The van der Waals surface area contributed by atoms with Crippen LogP contribution in [0.3, 0.4) is 0 Å². The van der Waals surface area contributed by atoms with Crippen LogP contribution in [-0.4, -0.2) is 24.7 Å². The van der Waals surface area contributed by atoms with Gasteiger partial charge in [-0.2, -0.15) is 0 Å². The fourth-order valence-electron chi connectivity index (χ4n) is 3.13. The number of carbonyl (C=O) groups is 1. The van der Waals surface area contributed by atoms with Gasteiger partial charge in [-0.25, -0.2) is 4.57 Å². The minimum atomic E-state index is -0.454. The third-order valence-electron chi connectivity index (χ3n) is 4.73. The maximum absolute atomic E-state index is 13.3. The number of benzene rings is 1. The lowest BCUT2D eigenvalue weighted by atomic mass is 10.3. The Bertz CT molecular complexity index is 1280. The van der Waals surface area contributed by atoms with E-state index >= 15 is 0 Å². The summed E-state index contributed by atoms with van der Waals surface area (Å²) in [6.07, 6.45) is 3.86. The van der Waals surface area contributed by atoms with Gasteiger partial charge in [0.15, 0.2) is 6.20 Å². The van der Waals surface area contributed by atoms with E-state index in [0.29, 0.717) is 9.20 Å². The van der Waals surface area contributed by atoms with Crippen LogP contribution < -0.4 is 36.6 Å². The normalized spacial score (nSPS) is 15.0. The molecule has 1 aliphatic heterocycles. The number of para-hydroxylation sites is 1. The van der Waals surface area contributed by atoms with Gasteiger partial charge >= 0.3 is 5.97 Å². The SMILES string of the molecule is COC(=O)Cn1c(=O)/c(=C2\Sc3ccccc3N2C)s/c1=C\c1cccc[n+]1C.[Cl-]. The van der Waals surface area contributed by atoms with E-state index in [1.807, 2.05) is 78.3 Å². The Morgan fingerprint density at radius 1 is 1.20 bits per heavy atom. The fraction of sp³-hybridized carbons (Fsp3) is 0.190. The van der Waals surface area contributed by atoms with Crippen molar-refractivity contribution in [3.05, 3.63) is 73.9 Å². The summed E-state index contributed by atoms with van der Waals surface area (Å²) in [5.41, 5.74) is 1.81. The average Bonchev–Trinajstić information content (AvgIpc) is 3.21. The van der Waals surface area contributed by atoms with Gasteiger partial charge in [-0.05, 0) is 18.2 Å². The Balaban J connectivity index is 0.00000256. The first-order valence-electron chi connectivity index (χ1n) is 8.97. The zero-order chi connectivity index (χ0) is 20.5. The third kappa shape index (κ3) is 4.03. The van der Waals surface area contributed by atoms with Gasteiger partial charge in [0, 0.05) is 30.2 Å². The molecule has 0 N–H and O–H groups in total. The molecule has 30 heavy (non-hydrogen) atoms. The van der Waals surface area contributed by atoms with E-state index in [2.05, 4.69) is 0 Å². The van der Waals surface area contributed by atoms with Crippen LogP contribution in [0.5, 0.6) is 0 Å².